The van der Waals surface area contributed by atoms with Crippen molar-refractivity contribution in [3.05, 3.63) is 0 Å². The SMILES string of the molecule is C[C@@H]1CCC2C(C)(C)[C@@H]3C[C@]21C[C@@H]1OC(C)(C)O[C@]13C. The molecular formula is C18H30O2. The summed E-state index contributed by atoms with van der Waals surface area (Å²) < 4.78 is 12.8. The van der Waals surface area contributed by atoms with Crippen LogP contribution in [-0.2, 0) is 9.47 Å². The van der Waals surface area contributed by atoms with Gasteiger partial charge in [0, 0.05) is 0 Å². The molecule has 2 heteroatoms. The molecule has 114 valence electrons. The molecule has 1 aliphatic heterocycles. The van der Waals surface area contributed by atoms with Gasteiger partial charge in [0.25, 0.3) is 0 Å². The summed E-state index contributed by atoms with van der Waals surface area (Å²) in [5, 5.41) is 0. The maximum absolute atomic E-state index is 6.48. The van der Waals surface area contributed by atoms with E-state index in [-0.39, 0.29) is 5.60 Å². The second-order valence-electron chi connectivity index (χ2n) is 9.34. The molecule has 0 N–H and O–H groups in total. The number of ether oxygens (including phenoxy) is 2. The van der Waals surface area contributed by atoms with Crippen molar-refractivity contribution in [2.75, 3.05) is 0 Å². The maximum Gasteiger partial charge on any atom is 0.164 e. The lowest BCUT2D eigenvalue weighted by Crippen LogP contribution is -2.52. The fourth-order valence-electron chi connectivity index (χ4n) is 7.01. The van der Waals surface area contributed by atoms with Crippen LogP contribution in [0.2, 0.25) is 0 Å². The summed E-state index contributed by atoms with van der Waals surface area (Å²) in [5.41, 5.74) is 0.836. The van der Waals surface area contributed by atoms with E-state index in [2.05, 4.69) is 41.5 Å². The zero-order valence-electron chi connectivity index (χ0n) is 14.0. The summed E-state index contributed by atoms with van der Waals surface area (Å²) in [5.74, 6) is 1.96. The van der Waals surface area contributed by atoms with Crippen LogP contribution < -0.4 is 0 Å². The smallest absolute Gasteiger partial charge is 0.164 e. The molecule has 20 heavy (non-hydrogen) atoms. The lowest BCUT2D eigenvalue weighted by atomic mass is 9.63. The molecule has 2 bridgehead atoms. The predicted molar refractivity (Wildman–Crippen MR) is 79.3 cm³/mol. The van der Waals surface area contributed by atoms with E-state index in [0.29, 0.717) is 22.9 Å². The lowest BCUT2D eigenvalue weighted by Gasteiger charge is -2.47. The van der Waals surface area contributed by atoms with Crippen molar-refractivity contribution in [2.24, 2.45) is 28.6 Å². The third-order valence-corrected chi connectivity index (χ3v) is 7.73. The molecule has 2 nitrogen and oxygen atoms in total. The van der Waals surface area contributed by atoms with Crippen LogP contribution in [-0.4, -0.2) is 17.5 Å². The van der Waals surface area contributed by atoms with Gasteiger partial charge >= 0.3 is 0 Å². The van der Waals surface area contributed by atoms with E-state index in [0.717, 1.165) is 11.8 Å². The molecular weight excluding hydrogens is 248 g/mol. The standard InChI is InChI=1S/C18H30O2/c1-11-7-8-12-15(2,3)13-9-18(11,12)10-14-17(13,6)20-16(4,5)19-14/h11-14H,7-10H2,1-6H3/t11-,12?,13+,14+,17+,18-/m1/s1. The Morgan fingerprint density at radius 2 is 1.60 bits per heavy atom. The van der Waals surface area contributed by atoms with Crippen molar-refractivity contribution in [3.63, 3.8) is 0 Å². The van der Waals surface area contributed by atoms with Gasteiger partial charge in [-0.3, -0.25) is 0 Å². The quantitative estimate of drug-likeness (QED) is 0.654. The average Bonchev–Trinajstić information content (AvgIpc) is 2.80. The summed E-state index contributed by atoms with van der Waals surface area (Å²) >= 11 is 0. The number of rotatable bonds is 0. The minimum Gasteiger partial charge on any atom is -0.344 e. The van der Waals surface area contributed by atoms with Crippen LogP contribution in [0.4, 0.5) is 0 Å². The van der Waals surface area contributed by atoms with Gasteiger partial charge in [-0.25, -0.2) is 0 Å². The van der Waals surface area contributed by atoms with Crippen LogP contribution in [0.15, 0.2) is 0 Å². The third-order valence-electron chi connectivity index (χ3n) is 7.73. The first kappa shape index (κ1) is 13.6. The van der Waals surface area contributed by atoms with Gasteiger partial charge in [0.1, 0.15) is 0 Å². The molecule has 0 aromatic heterocycles. The topological polar surface area (TPSA) is 18.5 Å². The molecule has 0 aromatic rings. The molecule has 0 aromatic carbocycles. The molecule has 4 rings (SSSR count). The fraction of sp³-hybridized carbons (Fsp3) is 1.00. The van der Waals surface area contributed by atoms with E-state index in [1.807, 2.05) is 0 Å². The second-order valence-corrected chi connectivity index (χ2v) is 9.34. The van der Waals surface area contributed by atoms with Crippen LogP contribution in [0.3, 0.4) is 0 Å². The molecule has 4 fully saturated rings. The molecule has 0 amide bonds. The number of hydrogen-bond acceptors (Lipinski definition) is 2. The van der Waals surface area contributed by atoms with E-state index in [9.17, 15) is 0 Å². The minimum absolute atomic E-state index is 0.0810. The van der Waals surface area contributed by atoms with Crippen LogP contribution >= 0.6 is 0 Å². The summed E-state index contributed by atoms with van der Waals surface area (Å²) in [6.45, 7) is 14.0. The van der Waals surface area contributed by atoms with Crippen molar-refractivity contribution < 1.29 is 9.47 Å². The van der Waals surface area contributed by atoms with E-state index < -0.39 is 5.79 Å². The lowest BCUT2D eigenvalue weighted by molar-refractivity contribution is -0.177. The zero-order chi connectivity index (χ0) is 14.6. The maximum atomic E-state index is 6.48. The van der Waals surface area contributed by atoms with E-state index in [1.54, 1.807) is 0 Å². The van der Waals surface area contributed by atoms with Gasteiger partial charge < -0.3 is 9.47 Å². The molecule has 4 aliphatic rings. The highest BCUT2D eigenvalue weighted by Gasteiger charge is 2.73. The summed E-state index contributed by atoms with van der Waals surface area (Å²) in [6.07, 6.45) is 5.70. The minimum atomic E-state index is -0.409. The monoisotopic (exact) mass is 278 g/mol. The molecule has 3 aliphatic carbocycles. The van der Waals surface area contributed by atoms with Gasteiger partial charge in [0.15, 0.2) is 5.79 Å². The van der Waals surface area contributed by atoms with Gasteiger partial charge in [0.05, 0.1) is 11.7 Å². The Labute approximate surface area is 123 Å². The van der Waals surface area contributed by atoms with Crippen LogP contribution in [0.5, 0.6) is 0 Å². The number of fused-ring (bicyclic) bond motifs is 3. The van der Waals surface area contributed by atoms with Crippen molar-refractivity contribution in [2.45, 2.75) is 84.7 Å². The normalized spacial score (nSPS) is 58.5. The van der Waals surface area contributed by atoms with E-state index in [4.69, 9.17) is 9.47 Å². The van der Waals surface area contributed by atoms with Gasteiger partial charge in [0.2, 0.25) is 0 Å². The first-order chi connectivity index (χ1) is 9.12. The highest BCUT2D eigenvalue weighted by Crippen LogP contribution is 2.75. The molecule has 1 saturated heterocycles. The average molecular weight is 278 g/mol. The van der Waals surface area contributed by atoms with Crippen molar-refractivity contribution in [1.82, 2.24) is 0 Å². The van der Waals surface area contributed by atoms with Gasteiger partial charge in [-0.2, -0.15) is 0 Å². The Morgan fingerprint density at radius 3 is 2.30 bits per heavy atom. The van der Waals surface area contributed by atoms with Gasteiger partial charge in [-0.1, -0.05) is 20.8 Å². The highest BCUT2D eigenvalue weighted by atomic mass is 16.8. The van der Waals surface area contributed by atoms with Crippen LogP contribution in [0, 0.1) is 28.6 Å². The predicted octanol–water partition coefficient (Wildman–Crippen LogP) is 4.38. The molecule has 1 spiro atoms. The van der Waals surface area contributed by atoms with Crippen molar-refractivity contribution in [1.29, 1.82) is 0 Å². The number of hydrogen-bond donors (Lipinski definition) is 0. The van der Waals surface area contributed by atoms with Gasteiger partial charge in [-0.05, 0) is 75.0 Å². The highest BCUT2D eigenvalue weighted by molar-refractivity contribution is 5.21. The fourth-order valence-corrected chi connectivity index (χ4v) is 7.01. The summed E-state index contributed by atoms with van der Waals surface area (Å²) in [4.78, 5) is 0. The first-order valence-corrected chi connectivity index (χ1v) is 8.50. The van der Waals surface area contributed by atoms with Gasteiger partial charge in [-0.15, -0.1) is 0 Å². The van der Waals surface area contributed by atoms with Crippen molar-refractivity contribution >= 4 is 0 Å². The Morgan fingerprint density at radius 1 is 0.900 bits per heavy atom. The third kappa shape index (κ3) is 1.34. The Bertz CT molecular complexity index is 454. The molecule has 3 saturated carbocycles. The Kier molecular flexibility index (Phi) is 2.35. The summed E-state index contributed by atoms with van der Waals surface area (Å²) in [6, 6.07) is 0. The largest absolute Gasteiger partial charge is 0.344 e. The van der Waals surface area contributed by atoms with E-state index in [1.165, 1.54) is 25.7 Å². The Hall–Kier alpha value is -0.0800. The first-order valence-electron chi connectivity index (χ1n) is 8.50. The van der Waals surface area contributed by atoms with Crippen LogP contribution in [0.1, 0.15) is 67.2 Å². The van der Waals surface area contributed by atoms with Crippen LogP contribution in [0.25, 0.3) is 0 Å². The molecule has 0 radical (unpaired) electrons. The zero-order valence-corrected chi connectivity index (χ0v) is 14.0. The molecule has 6 atom stereocenters. The van der Waals surface area contributed by atoms with Crippen molar-refractivity contribution in [3.8, 4) is 0 Å². The second kappa shape index (κ2) is 3.46. The van der Waals surface area contributed by atoms with E-state index >= 15 is 0 Å². The molecule has 1 heterocycles. The summed E-state index contributed by atoms with van der Waals surface area (Å²) in [7, 11) is 0. The molecule has 1 unspecified atom stereocenters. The Balaban J connectivity index is 1.82.